The molecule has 144 valence electrons. The molecule has 1 heterocycles. The molecule has 0 amide bonds. The Bertz CT molecular complexity index is 751. The van der Waals surface area contributed by atoms with Crippen molar-refractivity contribution in [2.24, 2.45) is 5.92 Å². The fraction of sp³-hybridized carbons (Fsp3) is 0.611. The number of carbonyl (C=O) groups excluding carboxylic acids is 1. The highest BCUT2D eigenvalue weighted by atomic mass is 32.2. The number of hydrogen-bond donors (Lipinski definition) is 0. The second-order valence-corrected chi connectivity index (χ2v) is 9.16. The lowest BCUT2D eigenvalue weighted by Gasteiger charge is -2.33. The third-order valence-corrected chi connectivity index (χ3v) is 7.36. The number of sulfonamides is 1. The first-order valence-corrected chi connectivity index (χ1v) is 10.5. The molecule has 1 aliphatic carbocycles. The van der Waals surface area contributed by atoms with Crippen molar-refractivity contribution in [1.82, 2.24) is 4.31 Å². The third kappa shape index (κ3) is 4.28. The maximum atomic E-state index is 12.6. The molecule has 1 saturated heterocycles. The van der Waals surface area contributed by atoms with Gasteiger partial charge in [0.2, 0.25) is 10.0 Å². The van der Waals surface area contributed by atoms with Crippen LogP contribution in [0, 0.1) is 5.92 Å². The van der Waals surface area contributed by atoms with Gasteiger partial charge < -0.3 is 0 Å². The van der Waals surface area contributed by atoms with Gasteiger partial charge in [0.15, 0.2) is 0 Å². The molecular formula is C18H22F3NO3S. The molecule has 2 fully saturated rings. The lowest BCUT2D eigenvalue weighted by molar-refractivity contribution is -0.137. The van der Waals surface area contributed by atoms with Crippen molar-refractivity contribution in [2.45, 2.75) is 50.7 Å². The predicted molar refractivity (Wildman–Crippen MR) is 91.0 cm³/mol. The van der Waals surface area contributed by atoms with Gasteiger partial charge in [-0.3, -0.25) is 4.79 Å². The lowest BCUT2D eigenvalue weighted by Crippen LogP contribution is -2.40. The van der Waals surface area contributed by atoms with E-state index in [9.17, 15) is 26.4 Å². The van der Waals surface area contributed by atoms with Gasteiger partial charge in [-0.05, 0) is 49.8 Å². The van der Waals surface area contributed by atoms with Crippen LogP contribution in [0.25, 0.3) is 0 Å². The van der Waals surface area contributed by atoms with Gasteiger partial charge in [0.05, 0.1) is 11.3 Å². The molecule has 0 aromatic heterocycles. The third-order valence-electron chi connectivity index (χ3n) is 5.36. The molecule has 2 aliphatic rings. The van der Waals surface area contributed by atoms with Crippen molar-refractivity contribution in [3.63, 3.8) is 0 Å². The van der Waals surface area contributed by atoms with Gasteiger partial charge >= 0.3 is 6.18 Å². The van der Waals surface area contributed by atoms with Gasteiger partial charge in [0, 0.05) is 24.9 Å². The standard InChI is InChI=1S/C18H22F3NO3S/c19-18(20,21)15-6-2-13(3-7-15)12-17(23)14-4-8-16(9-5-14)22-10-1-11-26(22,24)25/h2-3,6-7,14,16H,1,4-5,8-12H2. The number of rotatable bonds is 4. The van der Waals surface area contributed by atoms with E-state index >= 15 is 0 Å². The normalized spacial score (nSPS) is 26.7. The topological polar surface area (TPSA) is 54.5 Å². The molecule has 1 saturated carbocycles. The molecule has 0 N–H and O–H groups in total. The van der Waals surface area contributed by atoms with Gasteiger partial charge in [0.25, 0.3) is 0 Å². The average molecular weight is 389 g/mol. The van der Waals surface area contributed by atoms with Crippen LogP contribution in [-0.4, -0.2) is 36.8 Å². The monoisotopic (exact) mass is 389 g/mol. The predicted octanol–water partition coefficient (Wildman–Crippen LogP) is 3.41. The minimum atomic E-state index is -4.38. The summed E-state index contributed by atoms with van der Waals surface area (Å²) in [6.07, 6.45) is -0.987. The van der Waals surface area contributed by atoms with Gasteiger partial charge in [-0.2, -0.15) is 17.5 Å². The molecule has 0 atom stereocenters. The van der Waals surface area contributed by atoms with Crippen molar-refractivity contribution < 1.29 is 26.4 Å². The molecule has 3 rings (SSSR count). The molecule has 0 radical (unpaired) electrons. The smallest absolute Gasteiger partial charge is 0.299 e. The second-order valence-electron chi connectivity index (χ2n) is 7.12. The molecule has 0 spiro atoms. The molecule has 1 aromatic rings. The van der Waals surface area contributed by atoms with Crippen molar-refractivity contribution in [2.75, 3.05) is 12.3 Å². The number of Topliss-reactive ketones (excluding diaryl/α,β-unsaturated/α-hetero) is 1. The maximum Gasteiger partial charge on any atom is 0.416 e. The first-order valence-electron chi connectivity index (χ1n) is 8.85. The second kappa shape index (κ2) is 7.31. The van der Waals surface area contributed by atoms with E-state index in [4.69, 9.17) is 0 Å². The Hall–Kier alpha value is -1.41. The van der Waals surface area contributed by atoms with Crippen LogP contribution >= 0.6 is 0 Å². The molecule has 0 bridgehead atoms. The number of ketones is 1. The first-order chi connectivity index (χ1) is 12.2. The highest BCUT2D eigenvalue weighted by molar-refractivity contribution is 7.89. The van der Waals surface area contributed by atoms with E-state index in [2.05, 4.69) is 0 Å². The van der Waals surface area contributed by atoms with Gasteiger partial charge in [-0.1, -0.05) is 12.1 Å². The first kappa shape index (κ1) is 19.4. The van der Waals surface area contributed by atoms with Crippen LogP contribution in [0.2, 0.25) is 0 Å². The van der Waals surface area contributed by atoms with Crippen LogP contribution < -0.4 is 0 Å². The van der Waals surface area contributed by atoms with Crippen LogP contribution in [0.4, 0.5) is 13.2 Å². The number of nitrogens with zero attached hydrogens (tertiary/aromatic N) is 1. The number of alkyl halides is 3. The Morgan fingerprint density at radius 3 is 2.19 bits per heavy atom. The summed E-state index contributed by atoms with van der Waals surface area (Å²) in [5, 5.41) is 0. The largest absolute Gasteiger partial charge is 0.416 e. The van der Waals surface area contributed by atoms with Crippen molar-refractivity contribution >= 4 is 15.8 Å². The molecule has 26 heavy (non-hydrogen) atoms. The van der Waals surface area contributed by atoms with E-state index in [-0.39, 0.29) is 29.9 Å². The molecule has 8 heteroatoms. The number of halogens is 3. The quantitative estimate of drug-likeness (QED) is 0.793. The highest BCUT2D eigenvalue weighted by Gasteiger charge is 2.37. The van der Waals surface area contributed by atoms with E-state index in [0.29, 0.717) is 44.2 Å². The van der Waals surface area contributed by atoms with E-state index in [0.717, 1.165) is 12.1 Å². The zero-order chi connectivity index (χ0) is 18.9. The highest BCUT2D eigenvalue weighted by Crippen LogP contribution is 2.33. The number of carbonyl (C=O) groups is 1. The fourth-order valence-corrected chi connectivity index (χ4v) is 5.71. The maximum absolute atomic E-state index is 12.6. The Kier molecular flexibility index (Phi) is 5.44. The molecule has 4 nitrogen and oxygen atoms in total. The van der Waals surface area contributed by atoms with E-state index in [1.807, 2.05) is 0 Å². The zero-order valence-electron chi connectivity index (χ0n) is 14.3. The summed E-state index contributed by atoms with van der Waals surface area (Å²) < 4.78 is 63.3. The summed E-state index contributed by atoms with van der Waals surface area (Å²) >= 11 is 0. The minimum absolute atomic E-state index is 0.0161. The van der Waals surface area contributed by atoms with Crippen molar-refractivity contribution in [3.05, 3.63) is 35.4 Å². The van der Waals surface area contributed by atoms with Crippen molar-refractivity contribution in [3.8, 4) is 0 Å². The average Bonchev–Trinajstić information content (AvgIpc) is 2.94. The molecule has 0 unspecified atom stereocenters. The van der Waals surface area contributed by atoms with E-state index in [1.165, 1.54) is 12.1 Å². The summed E-state index contributed by atoms with van der Waals surface area (Å²) in [5.41, 5.74) is -0.145. The van der Waals surface area contributed by atoms with Crippen LogP contribution in [-0.2, 0) is 27.4 Å². The summed E-state index contributed by atoms with van der Waals surface area (Å²) in [6, 6.07) is 4.68. The Labute approximate surface area is 151 Å². The van der Waals surface area contributed by atoms with Crippen LogP contribution in [0.5, 0.6) is 0 Å². The fourth-order valence-electron chi connectivity index (χ4n) is 3.91. The molecule has 1 aliphatic heterocycles. The van der Waals surface area contributed by atoms with Crippen LogP contribution in [0.3, 0.4) is 0 Å². The zero-order valence-corrected chi connectivity index (χ0v) is 15.2. The van der Waals surface area contributed by atoms with Gasteiger partial charge in [-0.15, -0.1) is 0 Å². The summed E-state index contributed by atoms with van der Waals surface area (Å²) in [5.74, 6) is 0.0890. The summed E-state index contributed by atoms with van der Waals surface area (Å²) in [7, 11) is -3.13. The Morgan fingerprint density at radius 1 is 1.08 bits per heavy atom. The minimum Gasteiger partial charge on any atom is -0.299 e. The molecular weight excluding hydrogens is 367 g/mol. The van der Waals surface area contributed by atoms with Crippen LogP contribution in [0.15, 0.2) is 24.3 Å². The summed E-state index contributed by atoms with van der Waals surface area (Å²) in [4.78, 5) is 12.5. The number of benzene rings is 1. The van der Waals surface area contributed by atoms with Gasteiger partial charge in [0.1, 0.15) is 5.78 Å². The lowest BCUT2D eigenvalue weighted by atomic mass is 9.82. The molecule has 1 aromatic carbocycles. The Balaban J connectivity index is 1.54. The Morgan fingerprint density at radius 2 is 1.69 bits per heavy atom. The SMILES string of the molecule is O=C(Cc1ccc(C(F)(F)F)cc1)C1CCC(N2CCCS2(=O)=O)CC1. The van der Waals surface area contributed by atoms with E-state index < -0.39 is 21.8 Å². The van der Waals surface area contributed by atoms with Crippen LogP contribution in [0.1, 0.15) is 43.2 Å². The summed E-state index contributed by atoms with van der Waals surface area (Å²) in [6.45, 7) is 0.567. The van der Waals surface area contributed by atoms with E-state index in [1.54, 1.807) is 4.31 Å². The number of hydrogen-bond acceptors (Lipinski definition) is 3. The van der Waals surface area contributed by atoms with Crippen molar-refractivity contribution in [1.29, 1.82) is 0 Å². The van der Waals surface area contributed by atoms with Gasteiger partial charge in [-0.25, -0.2) is 8.42 Å².